The van der Waals surface area contributed by atoms with Gasteiger partial charge in [0.1, 0.15) is 11.2 Å². The highest BCUT2D eigenvalue weighted by atomic mass is 35.5. The lowest BCUT2D eigenvalue weighted by molar-refractivity contribution is -0.117. The van der Waals surface area contributed by atoms with Crippen molar-refractivity contribution in [3.63, 3.8) is 0 Å². The highest BCUT2D eigenvalue weighted by Crippen LogP contribution is 2.23. The van der Waals surface area contributed by atoms with Gasteiger partial charge in [-0.15, -0.1) is 11.6 Å². The van der Waals surface area contributed by atoms with Crippen LogP contribution in [-0.4, -0.2) is 5.91 Å². The second-order valence-electron chi connectivity index (χ2n) is 2.44. The van der Waals surface area contributed by atoms with E-state index in [0.29, 0.717) is 5.56 Å². The first-order chi connectivity index (χ1) is 6.02. The Morgan fingerprint density at radius 2 is 2.15 bits per heavy atom. The summed E-state index contributed by atoms with van der Waals surface area (Å²) in [6, 6.07) is 3.86. The molecule has 0 fully saturated rings. The van der Waals surface area contributed by atoms with Crippen molar-refractivity contribution < 1.29 is 9.18 Å². The van der Waals surface area contributed by atoms with Gasteiger partial charge in [-0.05, 0) is 17.7 Å². The van der Waals surface area contributed by atoms with Gasteiger partial charge in [0, 0.05) is 0 Å². The molecule has 0 heterocycles. The van der Waals surface area contributed by atoms with Gasteiger partial charge >= 0.3 is 0 Å². The standard InChI is InChI=1S/C8H6Cl2FNO/c9-5-2-1-4(3-6(5)11)7(10)8(12)13/h1-3,7H,(H2,12,13). The van der Waals surface area contributed by atoms with Crippen LogP contribution in [0.4, 0.5) is 4.39 Å². The first-order valence-corrected chi connectivity index (χ1v) is 4.22. The summed E-state index contributed by atoms with van der Waals surface area (Å²) in [7, 11) is 0. The lowest BCUT2D eigenvalue weighted by Crippen LogP contribution is -2.17. The number of carbonyl (C=O) groups excluding carboxylic acids is 1. The first kappa shape index (κ1) is 10.3. The molecule has 1 unspecified atom stereocenters. The molecule has 1 aromatic rings. The average Bonchev–Trinajstić information content (AvgIpc) is 2.08. The van der Waals surface area contributed by atoms with Crippen molar-refractivity contribution in [2.45, 2.75) is 5.38 Å². The van der Waals surface area contributed by atoms with Crippen molar-refractivity contribution in [1.29, 1.82) is 0 Å². The van der Waals surface area contributed by atoms with Crippen LogP contribution in [0.15, 0.2) is 18.2 Å². The van der Waals surface area contributed by atoms with E-state index in [1.807, 2.05) is 0 Å². The minimum absolute atomic E-state index is 0.0166. The van der Waals surface area contributed by atoms with Crippen molar-refractivity contribution in [2.75, 3.05) is 0 Å². The zero-order valence-electron chi connectivity index (χ0n) is 6.43. The lowest BCUT2D eigenvalue weighted by Gasteiger charge is -2.05. The fourth-order valence-electron chi connectivity index (χ4n) is 0.834. The van der Waals surface area contributed by atoms with Crippen LogP contribution < -0.4 is 5.73 Å². The third kappa shape index (κ3) is 2.32. The van der Waals surface area contributed by atoms with E-state index in [0.717, 1.165) is 6.07 Å². The van der Waals surface area contributed by atoms with E-state index >= 15 is 0 Å². The number of halogens is 3. The Morgan fingerprint density at radius 3 is 2.62 bits per heavy atom. The predicted octanol–water partition coefficient (Wildman–Crippen LogP) is 2.24. The molecule has 0 aromatic heterocycles. The Bertz CT molecular complexity index is 343. The van der Waals surface area contributed by atoms with Gasteiger partial charge in [0.15, 0.2) is 0 Å². The van der Waals surface area contributed by atoms with Crippen molar-refractivity contribution in [2.24, 2.45) is 5.73 Å². The first-order valence-electron chi connectivity index (χ1n) is 3.40. The van der Waals surface area contributed by atoms with Gasteiger partial charge < -0.3 is 5.73 Å². The minimum atomic E-state index is -1.02. The molecule has 1 rings (SSSR count). The van der Waals surface area contributed by atoms with Crippen LogP contribution in [0.25, 0.3) is 0 Å². The Labute approximate surface area is 84.4 Å². The van der Waals surface area contributed by atoms with Crippen molar-refractivity contribution in [3.8, 4) is 0 Å². The number of alkyl halides is 1. The summed E-state index contributed by atoms with van der Waals surface area (Å²) in [4.78, 5) is 10.6. The van der Waals surface area contributed by atoms with Gasteiger partial charge in [0.25, 0.3) is 0 Å². The summed E-state index contributed by atoms with van der Waals surface area (Å²) in [6.07, 6.45) is 0. The van der Waals surface area contributed by atoms with Gasteiger partial charge in [-0.1, -0.05) is 17.7 Å². The van der Waals surface area contributed by atoms with Crippen molar-refractivity contribution in [1.82, 2.24) is 0 Å². The number of carbonyl (C=O) groups is 1. The van der Waals surface area contributed by atoms with Gasteiger partial charge in [-0.2, -0.15) is 0 Å². The average molecular weight is 222 g/mol. The van der Waals surface area contributed by atoms with E-state index in [-0.39, 0.29) is 5.02 Å². The topological polar surface area (TPSA) is 43.1 Å². The number of hydrogen-bond donors (Lipinski definition) is 1. The largest absolute Gasteiger partial charge is 0.368 e. The molecule has 0 spiro atoms. The molecule has 70 valence electrons. The Balaban J connectivity index is 3.03. The molecule has 0 aliphatic carbocycles. The zero-order valence-corrected chi connectivity index (χ0v) is 7.94. The molecule has 1 atom stereocenters. The summed E-state index contributed by atoms with van der Waals surface area (Å²) in [5.41, 5.74) is 5.23. The maximum Gasteiger partial charge on any atom is 0.240 e. The van der Waals surface area contributed by atoms with Crippen LogP contribution in [0, 0.1) is 5.82 Å². The molecular formula is C8H6Cl2FNO. The highest BCUT2D eigenvalue weighted by Gasteiger charge is 2.15. The predicted molar refractivity (Wildman–Crippen MR) is 49.2 cm³/mol. The van der Waals surface area contributed by atoms with Crippen LogP contribution in [0.2, 0.25) is 5.02 Å². The number of nitrogens with two attached hydrogens (primary N) is 1. The molecule has 2 nitrogen and oxygen atoms in total. The molecule has 0 bridgehead atoms. The number of amides is 1. The van der Waals surface area contributed by atoms with E-state index in [9.17, 15) is 9.18 Å². The fraction of sp³-hybridized carbons (Fsp3) is 0.125. The van der Waals surface area contributed by atoms with Crippen LogP contribution in [0.5, 0.6) is 0 Å². The van der Waals surface area contributed by atoms with E-state index < -0.39 is 17.1 Å². The Kier molecular flexibility index (Phi) is 3.12. The van der Waals surface area contributed by atoms with Crippen LogP contribution in [0.1, 0.15) is 10.9 Å². The van der Waals surface area contributed by atoms with Crippen molar-refractivity contribution >= 4 is 29.1 Å². The Hall–Kier alpha value is -0.800. The number of primary amides is 1. The summed E-state index contributed by atoms with van der Waals surface area (Å²) < 4.78 is 12.9. The highest BCUT2D eigenvalue weighted by molar-refractivity contribution is 6.31. The number of hydrogen-bond acceptors (Lipinski definition) is 1. The second kappa shape index (κ2) is 3.94. The van der Waals surface area contributed by atoms with Gasteiger partial charge in [-0.3, -0.25) is 4.79 Å². The minimum Gasteiger partial charge on any atom is -0.368 e. The number of rotatable bonds is 2. The molecule has 1 amide bonds. The van der Waals surface area contributed by atoms with Crippen LogP contribution in [-0.2, 0) is 4.79 Å². The van der Waals surface area contributed by atoms with Crippen LogP contribution in [0.3, 0.4) is 0 Å². The van der Waals surface area contributed by atoms with E-state index in [1.165, 1.54) is 12.1 Å². The van der Waals surface area contributed by atoms with E-state index in [2.05, 4.69) is 0 Å². The lowest BCUT2D eigenvalue weighted by atomic mass is 10.1. The second-order valence-corrected chi connectivity index (χ2v) is 3.28. The maximum absolute atomic E-state index is 12.9. The summed E-state index contributed by atoms with van der Waals surface area (Å²) in [5, 5.41) is -1.04. The molecule has 1 aromatic carbocycles. The monoisotopic (exact) mass is 221 g/mol. The molecule has 13 heavy (non-hydrogen) atoms. The molecule has 5 heteroatoms. The molecule has 0 aliphatic heterocycles. The van der Waals surface area contributed by atoms with E-state index in [1.54, 1.807) is 0 Å². The molecule has 0 radical (unpaired) electrons. The summed E-state index contributed by atoms with van der Waals surface area (Å²) >= 11 is 11.0. The molecule has 0 saturated carbocycles. The van der Waals surface area contributed by atoms with Gasteiger partial charge in [0.2, 0.25) is 5.91 Å². The SMILES string of the molecule is NC(=O)C(Cl)c1ccc(Cl)c(F)c1. The van der Waals surface area contributed by atoms with Crippen molar-refractivity contribution in [3.05, 3.63) is 34.6 Å². The molecule has 2 N–H and O–H groups in total. The molecular weight excluding hydrogens is 216 g/mol. The zero-order chi connectivity index (χ0) is 10.0. The fourth-order valence-corrected chi connectivity index (χ4v) is 1.09. The van der Waals surface area contributed by atoms with Crippen LogP contribution >= 0.6 is 23.2 Å². The number of benzene rings is 1. The van der Waals surface area contributed by atoms with Gasteiger partial charge in [0.05, 0.1) is 5.02 Å². The quantitative estimate of drug-likeness (QED) is 0.766. The third-order valence-electron chi connectivity index (χ3n) is 1.49. The third-order valence-corrected chi connectivity index (χ3v) is 2.26. The summed E-state index contributed by atoms with van der Waals surface area (Å²) in [6.45, 7) is 0. The summed E-state index contributed by atoms with van der Waals surface area (Å²) in [5.74, 6) is -1.34. The smallest absolute Gasteiger partial charge is 0.240 e. The van der Waals surface area contributed by atoms with Gasteiger partial charge in [-0.25, -0.2) is 4.39 Å². The van der Waals surface area contributed by atoms with E-state index in [4.69, 9.17) is 28.9 Å². The molecule has 0 aliphatic rings. The molecule has 0 saturated heterocycles. The maximum atomic E-state index is 12.9. The Morgan fingerprint density at radius 1 is 1.54 bits per heavy atom. The normalized spacial score (nSPS) is 12.5.